The zero-order valence-electron chi connectivity index (χ0n) is 20.7. The summed E-state index contributed by atoms with van der Waals surface area (Å²) in [5.41, 5.74) is 3.36. The average molecular weight is 514 g/mol. The summed E-state index contributed by atoms with van der Waals surface area (Å²) >= 11 is 0. The number of aromatic nitrogens is 2. The van der Waals surface area contributed by atoms with E-state index in [4.69, 9.17) is 9.47 Å². The molecule has 0 spiro atoms. The number of aliphatic hydroxyl groups excluding tert-OH is 1. The zero-order valence-corrected chi connectivity index (χ0v) is 21.5. The summed E-state index contributed by atoms with van der Waals surface area (Å²) in [6.45, 7) is 4.08. The van der Waals surface area contributed by atoms with Gasteiger partial charge in [-0.15, -0.1) is 4.36 Å². The Labute approximate surface area is 211 Å². The number of carbonyl (C=O) groups excluding carboxylic acids is 1. The molecule has 11 heteroatoms. The highest BCUT2D eigenvalue weighted by Gasteiger charge is 2.14. The molecule has 1 aromatic heterocycles. The Hall–Kier alpha value is -3.54. The van der Waals surface area contributed by atoms with Gasteiger partial charge in [0.25, 0.3) is 0 Å². The van der Waals surface area contributed by atoms with Crippen molar-refractivity contribution in [2.45, 2.75) is 31.4 Å². The summed E-state index contributed by atoms with van der Waals surface area (Å²) in [6.07, 6.45) is 2.24. The summed E-state index contributed by atoms with van der Waals surface area (Å²) in [5, 5.41) is 15.9. The van der Waals surface area contributed by atoms with Crippen molar-refractivity contribution < 1.29 is 23.6 Å². The molecule has 2 atom stereocenters. The van der Waals surface area contributed by atoms with Crippen molar-refractivity contribution >= 4 is 33.3 Å². The number of methoxy groups -OCH3 is 1. The van der Waals surface area contributed by atoms with Crippen LogP contribution in [0.5, 0.6) is 0 Å². The predicted molar refractivity (Wildman–Crippen MR) is 140 cm³/mol. The van der Waals surface area contributed by atoms with Gasteiger partial charge in [0.2, 0.25) is 5.95 Å². The van der Waals surface area contributed by atoms with E-state index in [9.17, 15) is 14.1 Å². The monoisotopic (exact) mass is 513 g/mol. The fourth-order valence-corrected chi connectivity index (χ4v) is 4.39. The van der Waals surface area contributed by atoms with E-state index in [1.165, 1.54) is 6.26 Å². The van der Waals surface area contributed by atoms with Gasteiger partial charge in [0.1, 0.15) is 5.82 Å². The third kappa shape index (κ3) is 7.23. The van der Waals surface area contributed by atoms with Gasteiger partial charge in [-0.3, -0.25) is 0 Å². The smallest absolute Gasteiger partial charge is 0.442 e. The summed E-state index contributed by atoms with van der Waals surface area (Å²) in [7, 11) is -1.29. The quantitative estimate of drug-likeness (QED) is 0.359. The molecule has 1 heterocycles. The Morgan fingerprint density at radius 3 is 2.64 bits per heavy atom. The van der Waals surface area contributed by atoms with E-state index in [1.54, 1.807) is 44.5 Å². The van der Waals surface area contributed by atoms with Crippen LogP contribution in [0.3, 0.4) is 0 Å². The van der Waals surface area contributed by atoms with Crippen LogP contribution in [0.1, 0.15) is 19.4 Å². The van der Waals surface area contributed by atoms with E-state index in [2.05, 4.69) is 25.0 Å². The number of aliphatic hydroxyl groups is 1. The molecule has 1 amide bonds. The van der Waals surface area contributed by atoms with Gasteiger partial charge in [-0.1, -0.05) is 18.2 Å². The number of nitrogens with zero attached hydrogens (tertiary/aromatic N) is 3. The normalized spacial score (nSPS) is 13.4. The molecule has 0 saturated carbocycles. The number of ether oxygens (including phenoxy) is 2. The van der Waals surface area contributed by atoms with Gasteiger partial charge in [0.05, 0.1) is 29.5 Å². The van der Waals surface area contributed by atoms with Crippen molar-refractivity contribution in [1.82, 2.24) is 9.97 Å². The summed E-state index contributed by atoms with van der Waals surface area (Å²) in [6, 6.07) is 14.3. The number of hydrogen-bond donors (Lipinski definition) is 3. The molecular formula is C25H31N5O5S. The van der Waals surface area contributed by atoms with Gasteiger partial charge in [-0.2, -0.15) is 4.98 Å². The Kier molecular flexibility index (Phi) is 9.34. The Bertz CT molecular complexity index is 1310. The van der Waals surface area contributed by atoms with Crippen LogP contribution in [0, 0.1) is 0 Å². The number of hydrogen-bond acceptors (Lipinski definition) is 9. The minimum Gasteiger partial charge on any atom is -0.448 e. The standard InChI is InChI=1S/C25H31N5O5S/c1-5-35-25(32)30-36(4,33)21-11-9-20(10-12-21)28-24-26-14-22(23(29-24)27-17(2)15-31)19-8-6-7-18(13-19)16-34-3/h6-14,17,31H,5,15-16H2,1-4H3,(H2,26,27,28,29)/t17-,36?/m1/s1. The molecular weight excluding hydrogens is 482 g/mol. The van der Waals surface area contributed by atoms with Crippen molar-refractivity contribution in [2.75, 3.05) is 37.2 Å². The molecule has 0 radical (unpaired) electrons. The molecule has 0 aliphatic rings. The topological polar surface area (TPSA) is 135 Å². The van der Waals surface area contributed by atoms with E-state index in [1.807, 2.05) is 31.2 Å². The molecule has 3 rings (SSSR count). The van der Waals surface area contributed by atoms with Gasteiger partial charge in [-0.25, -0.2) is 14.0 Å². The number of amides is 1. The third-order valence-electron chi connectivity index (χ3n) is 5.06. The first-order chi connectivity index (χ1) is 17.2. The first kappa shape index (κ1) is 27.1. The van der Waals surface area contributed by atoms with Crippen LogP contribution in [0.4, 0.5) is 22.2 Å². The predicted octanol–water partition coefficient (Wildman–Crippen LogP) is 4.44. The number of nitrogens with one attached hydrogen (secondary N) is 2. The van der Waals surface area contributed by atoms with E-state index in [0.29, 0.717) is 29.0 Å². The molecule has 192 valence electrons. The maximum atomic E-state index is 12.8. The van der Waals surface area contributed by atoms with Gasteiger partial charge >= 0.3 is 6.09 Å². The number of benzene rings is 2. The molecule has 1 unspecified atom stereocenters. The Morgan fingerprint density at radius 1 is 1.22 bits per heavy atom. The first-order valence-corrected chi connectivity index (χ1v) is 13.3. The second-order valence-electron chi connectivity index (χ2n) is 8.06. The first-order valence-electron chi connectivity index (χ1n) is 11.3. The van der Waals surface area contributed by atoms with Crippen molar-refractivity contribution in [3.63, 3.8) is 0 Å². The molecule has 0 bridgehead atoms. The van der Waals surface area contributed by atoms with Crippen LogP contribution in [0.15, 0.2) is 64.0 Å². The maximum Gasteiger partial charge on any atom is 0.442 e. The summed E-state index contributed by atoms with van der Waals surface area (Å²) in [5.74, 6) is 0.894. The van der Waals surface area contributed by atoms with Crippen LogP contribution < -0.4 is 10.6 Å². The molecule has 2 aromatic carbocycles. The van der Waals surface area contributed by atoms with E-state index in [0.717, 1.165) is 16.7 Å². The van der Waals surface area contributed by atoms with Gasteiger partial charge in [-0.05, 0) is 55.3 Å². The lowest BCUT2D eigenvalue weighted by atomic mass is 10.0. The van der Waals surface area contributed by atoms with Crippen LogP contribution >= 0.6 is 0 Å². The van der Waals surface area contributed by atoms with Gasteiger partial charge < -0.3 is 25.2 Å². The number of carbonyl (C=O) groups is 1. The largest absolute Gasteiger partial charge is 0.448 e. The van der Waals surface area contributed by atoms with Crippen LogP contribution in [0.2, 0.25) is 0 Å². The van der Waals surface area contributed by atoms with E-state index in [-0.39, 0.29) is 19.3 Å². The number of anilines is 3. The highest BCUT2D eigenvalue weighted by molar-refractivity contribution is 7.93. The fourth-order valence-electron chi connectivity index (χ4n) is 3.30. The molecule has 36 heavy (non-hydrogen) atoms. The molecule has 3 aromatic rings. The van der Waals surface area contributed by atoms with Crippen molar-refractivity contribution in [2.24, 2.45) is 4.36 Å². The fraction of sp³-hybridized carbons (Fsp3) is 0.320. The van der Waals surface area contributed by atoms with Crippen molar-refractivity contribution in [1.29, 1.82) is 0 Å². The summed E-state index contributed by atoms with van der Waals surface area (Å²) < 4.78 is 26.5. The molecule has 3 N–H and O–H groups in total. The third-order valence-corrected chi connectivity index (χ3v) is 6.70. The van der Waals surface area contributed by atoms with Crippen molar-refractivity contribution in [3.8, 4) is 11.1 Å². The Balaban J connectivity index is 1.88. The minimum atomic E-state index is -2.94. The summed E-state index contributed by atoms with van der Waals surface area (Å²) in [4.78, 5) is 21.1. The Morgan fingerprint density at radius 2 is 1.97 bits per heavy atom. The van der Waals surface area contributed by atoms with E-state index >= 15 is 0 Å². The van der Waals surface area contributed by atoms with Crippen LogP contribution in [-0.2, 0) is 25.8 Å². The second kappa shape index (κ2) is 12.4. The minimum absolute atomic E-state index is 0.0650. The maximum absolute atomic E-state index is 12.8. The lowest BCUT2D eigenvalue weighted by Gasteiger charge is -2.17. The molecule has 0 fully saturated rings. The van der Waals surface area contributed by atoms with Crippen LogP contribution in [-0.4, -0.2) is 58.0 Å². The highest BCUT2D eigenvalue weighted by atomic mass is 32.2. The number of rotatable bonds is 10. The molecule has 10 nitrogen and oxygen atoms in total. The molecule has 0 saturated heterocycles. The average Bonchev–Trinajstić information content (AvgIpc) is 2.85. The molecule has 0 aliphatic heterocycles. The second-order valence-corrected chi connectivity index (χ2v) is 10.3. The van der Waals surface area contributed by atoms with Crippen LogP contribution in [0.25, 0.3) is 11.1 Å². The molecule has 0 aliphatic carbocycles. The highest BCUT2D eigenvalue weighted by Crippen LogP contribution is 2.29. The zero-order chi connectivity index (χ0) is 26.1. The van der Waals surface area contributed by atoms with Gasteiger partial charge in [0, 0.05) is 41.8 Å². The van der Waals surface area contributed by atoms with E-state index < -0.39 is 15.8 Å². The van der Waals surface area contributed by atoms with Gasteiger partial charge in [0.15, 0.2) is 0 Å². The lowest BCUT2D eigenvalue weighted by Crippen LogP contribution is -2.21. The SMILES string of the molecule is CCOC(=O)N=S(C)(=O)c1ccc(Nc2ncc(-c3cccc(COC)c3)c(N[C@H](C)CO)n2)cc1. The van der Waals surface area contributed by atoms with Crippen molar-refractivity contribution in [3.05, 3.63) is 60.3 Å². The lowest BCUT2D eigenvalue weighted by molar-refractivity contribution is 0.164.